The summed E-state index contributed by atoms with van der Waals surface area (Å²) in [5.41, 5.74) is 2.82. The van der Waals surface area contributed by atoms with Gasteiger partial charge in [0.15, 0.2) is 0 Å². The maximum absolute atomic E-state index is 12.8. The van der Waals surface area contributed by atoms with E-state index in [-0.39, 0.29) is 5.56 Å². The number of nitrogens with zero attached hydrogens (tertiary/aromatic N) is 1. The lowest BCUT2D eigenvalue weighted by molar-refractivity contribution is -0.137. The van der Waals surface area contributed by atoms with E-state index in [0.29, 0.717) is 18.0 Å². The van der Waals surface area contributed by atoms with E-state index in [0.717, 1.165) is 46.8 Å². The van der Waals surface area contributed by atoms with Crippen molar-refractivity contribution in [1.82, 2.24) is 13.7 Å². The van der Waals surface area contributed by atoms with Gasteiger partial charge in [-0.25, -0.2) is 0 Å². The molecule has 0 fully saturated rings. The van der Waals surface area contributed by atoms with Gasteiger partial charge in [-0.2, -0.15) is 17.3 Å². The number of hydrogen-bond donors (Lipinski definition) is 2. The van der Waals surface area contributed by atoms with Crippen LogP contribution in [0.25, 0.3) is 5.57 Å². The van der Waals surface area contributed by atoms with E-state index >= 15 is 0 Å². The smallest absolute Gasteiger partial charge is 0.282 e. The van der Waals surface area contributed by atoms with Gasteiger partial charge in [0.05, 0.1) is 29.1 Å². The summed E-state index contributed by atoms with van der Waals surface area (Å²) in [6.07, 6.45) is 1.41. The second-order valence-corrected chi connectivity index (χ2v) is 8.25. The molecule has 4 rings (SSSR count). The van der Waals surface area contributed by atoms with Gasteiger partial charge < -0.3 is 0 Å². The zero-order valence-corrected chi connectivity index (χ0v) is 17.3. The van der Waals surface area contributed by atoms with E-state index < -0.39 is 22.9 Å². The highest BCUT2D eigenvalue weighted by Gasteiger charge is 2.32. The number of hydrogen-bond acceptors (Lipinski definition) is 6. The Morgan fingerprint density at radius 2 is 1.74 bits per heavy atom. The molecule has 0 atom stereocenters. The van der Waals surface area contributed by atoms with Crippen LogP contribution in [-0.4, -0.2) is 15.5 Å². The molecule has 2 N–H and O–H groups in total. The first kappa shape index (κ1) is 21.3. The van der Waals surface area contributed by atoms with Crippen LogP contribution in [0.15, 0.2) is 84.2 Å². The molecule has 2 amide bonds. The second kappa shape index (κ2) is 8.66. The van der Waals surface area contributed by atoms with Crippen molar-refractivity contribution in [3.05, 3.63) is 101 Å². The minimum absolute atomic E-state index is 0.248. The standard InChI is InChI=1S/C21H14F3N3O2S2/c22-21(23,24)15-8-4-7-14(11-15)19(28)25-20(29)30-26-31-27-16-9-10-17(18(27)12-16)13-5-2-1-3-6-13/h1-12,26H,(H,25,28,29). The molecule has 0 aromatic heterocycles. The van der Waals surface area contributed by atoms with Crippen LogP contribution in [0.2, 0.25) is 0 Å². The zero-order valence-electron chi connectivity index (χ0n) is 15.6. The largest absolute Gasteiger partial charge is 0.416 e. The molecule has 158 valence electrons. The third-order valence-electron chi connectivity index (χ3n) is 4.45. The van der Waals surface area contributed by atoms with Crippen LogP contribution in [-0.2, 0) is 6.18 Å². The number of benzene rings is 2. The fourth-order valence-electron chi connectivity index (χ4n) is 2.97. The summed E-state index contributed by atoms with van der Waals surface area (Å²) in [6.45, 7) is 0. The molecule has 5 nitrogen and oxygen atoms in total. The summed E-state index contributed by atoms with van der Waals surface area (Å²) < 4.78 is 43.0. The van der Waals surface area contributed by atoms with Crippen LogP contribution >= 0.6 is 24.1 Å². The average Bonchev–Trinajstić information content (AvgIpc) is 2.76. The normalized spacial score (nSPS) is 14.8. The molecule has 31 heavy (non-hydrogen) atoms. The summed E-state index contributed by atoms with van der Waals surface area (Å²) in [5.74, 6) is -0.907. The number of imide groups is 1. The van der Waals surface area contributed by atoms with Gasteiger partial charge in [-0.3, -0.25) is 19.2 Å². The van der Waals surface area contributed by atoms with Crippen LogP contribution in [0.5, 0.6) is 0 Å². The number of rotatable bonds is 5. The molecule has 10 heteroatoms. The van der Waals surface area contributed by atoms with Crippen LogP contribution in [0.3, 0.4) is 0 Å². The lowest BCUT2D eigenvalue weighted by Crippen LogP contribution is -2.31. The Kier molecular flexibility index (Phi) is 5.94. The number of alkyl halides is 3. The Bertz CT molecular complexity index is 1130. The first-order valence-electron chi connectivity index (χ1n) is 8.94. The molecule has 2 aliphatic rings. The summed E-state index contributed by atoms with van der Waals surface area (Å²) in [5, 5.41) is 1.32. The quantitative estimate of drug-likeness (QED) is 0.571. The van der Waals surface area contributed by atoms with Crippen molar-refractivity contribution in [3.63, 3.8) is 0 Å². The van der Waals surface area contributed by atoms with Crippen molar-refractivity contribution in [1.29, 1.82) is 0 Å². The van der Waals surface area contributed by atoms with Crippen LogP contribution < -0.4 is 9.44 Å². The van der Waals surface area contributed by atoms with Crippen molar-refractivity contribution in [2.75, 3.05) is 0 Å². The first-order valence-corrected chi connectivity index (χ1v) is 10.5. The molecular formula is C21H14F3N3O2S2. The number of fused-ring (bicyclic) bond motifs is 2. The van der Waals surface area contributed by atoms with E-state index in [1.807, 2.05) is 52.9 Å². The average molecular weight is 461 g/mol. The zero-order chi connectivity index (χ0) is 22.0. The highest BCUT2D eigenvalue weighted by atomic mass is 32.2. The Hall–Kier alpha value is -2.95. The number of amides is 2. The SMILES string of the molecule is O=C(NC(=O)c1cccc(C(F)(F)F)c1)SNSN1c2ccc(-c3ccccc3)c1c2. The number of nitrogens with one attached hydrogen (secondary N) is 2. The van der Waals surface area contributed by atoms with Gasteiger partial charge >= 0.3 is 11.4 Å². The first-order chi connectivity index (χ1) is 14.8. The number of carbonyl (C=O) groups excluding carboxylic acids is 2. The maximum Gasteiger partial charge on any atom is 0.416 e. The Labute approximate surface area is 184 Å². The lowest BCUT2D eigenvalue weighted by atomic mass is 9.94. The van der Waals surface area contributed by atoms with E-state index in [9.17, 15) is 22.8 Å². The molecule has 0 radical (unpaired) electrons. The predicted octanol–water partition coefficient (Wildman–Crippen LogP) is 5.54. The van der Waals surface area contributed by atoms with E-state index in [1.165, 1.54) is 6.07 Å². The highest BCUT2D eigenvalue weighted by Crippen LogP contribution is 2.44. The molecule has 2 heterocycles. The minimum atomic E-state index is -4.57. The molecule has 2 aliphatic heterocycles. The summed E-state index contributed by atoms with van der Waals surface area (Å²) in [6, 6.07) is 13.7. The van der Waals surface area contributed by atoms with Gasteiger partial charge in [-0.05, 0) is 35.9 Å². The van der Waals surface area contributed by atoms with Gasteiger partial charge in [-0.15, -0.1) is 0 Å². The topological polar surface area (TPSA) is 61.4 Å². The Morgan fingerprint density at radius 3 is 2.45 bits per heavy atom. The number of carbonyl (C=O) groups is 2. The number of allylic oxidation sites excluding steroid dienone is 4. The molecule has 0 unspecified atom stereocenters. The van der Waals surface area contributed by atoms with Crippen molar-refractivity contribution >= 4 is 40.8 Å². The fourth-order valence-corrected chi connectivity index (χ4v) is 4.33. The maximum atomic E-state index is 12.8. The monoisotopic (exact) mass is 461 g/mol. The summed E-state index contributed by atoms with van der Waals surface area (Å²) >= 11 is 1.79. The van der Waals surface area contributed by atoms with Crippen LogP contribution in [0, 0.1) is 0 Å². The van der Waals surface area contributed by atoms with Gasteiger partial charge in [0, 0.05) is 23.1 Å². The molecule has 0 saturated carbocycles. The van der Waals surface area contributed by atoms with Gasteiger partial charge in [-0.1, -0.05) is 42.5 Å². The van der Waals surface area contributed by atoms with Gasteiger partial charge in [0.2, 0.25) is 0 Å². The summed E-state index contributed by atoms with van der Waals surface area (Å²) in [7, 11) is 0. The van der Waals surface area contributed by atoms with Crippen molar-refractivity contribution in [3.8, 4) is 0 Å². The Balaban J connectivity index is 1.28. The molecule has 2 bridgehead atoms. The van der Waals surface area contributed by atoms with E-state index in [4.69, 9.17) is 0 Å². The van der Waals surface area contributed by atoms with Crippen molar-refractivity contribution in [2.45, 2.75) is 6.18 Å². The summed E-state index contributed by atoms with van der Waals surface area (Å²) in [4.78, 5) is 24.1. The minimum Gasteiger partial charge on any atom is -0.282 e. The lowest BCUT2D eigenvalue weighted by Gasteiger charge is -2.38. The molecule has 2 aromatic rings. The molecular weight excluding hydrogens is 447 g/mol. The Morgan fingerprint density at radius 1 is 0.968 bits per heavy atom. The molecule has 0 aliphatic carbocycles. The second-order valence-electron chi connectivity index (χ2n) is 6.46. The predicted molar refractivity (Wildman–Crippen MR) is 115 cm³/mol. The number of halogens is 3. The van der Waals surface area contributed by atoms with Crippen LogP contribution in [0.1, 0.15) is 21.5 Å². The van der Waals surface area contributed by atoms with Crippen molar-refractivity contribution in [2.24, 2.45) is 0 Å². The molecule has 0 spiro atoms. The van der Waals surface area contributed by atoms with Gasteiger partial charge in [0.25, 0.3) is 5.91 Å². The van der Waals surface area contributed by atoms with Crippen molar-refractivity contribution < 1.29 is 22.8 Å². The van der Waals surface area contributed by atoms with E-state index in [1.54, 1.807) is 0 Å². The third-order valence-corrected chi connectivity index (χ3v) is 5.96. The van der Waals surface area contributed by atoms with Crippen LogP contribution in [0.4, 0.5) is 18.0 Å². The third kappa shape index (κ3) is 4.71. The fraction of sp³-hybridized carbons (Fsp3) is 0.0476. The van der Waals surface area contributed by atoms with E-state index in [2.05, 4.69) is 9.44 Å². The molecule has 0 saturated heterocycles. The molecule has 2 aromatic carbocycles. The van der Waals surface area contributed by atoms with Gasteiger partial charge in [0.1, 0.15) is 0 Å². The highest BCUT2D eigenvalue weighted by molar-refractivity contribution is 8.20.